The van der Waals surface area contributed by atoms with Crippen LogP contribution < -0.4 is 15.7 Å². The Morgan fingerprint density at radius 1 is 1.27 bits per heavy atom. The molecule has 0 spiro atoms. The van der Waals surface area contributed by atoms with E-state index in [1.807, 2.05) is 26.0 Å². The van der Waals surface area contributed by atoms with E-state index >= 15 is 0 Å². The van der Waals surface area contributed by atoms with Crippen LogP contribution in [0.15, 0.2) is 39.1 Å². The van der Waals surface area contributed by atoms with Gasteiger partial charge in [0.15, 0.2) is 6.61 Å². The topological polar surface area (TPSA) is 68.5 Å². The zero-order valence-corrected chi connectivity index (χ0v) is 15.4. The van der Waals surface area contributed by atoms with Gasteiger partial charge in [-0.05, 0) is 63.6 Å². The lowest BCUT2D eigenvalue weighted by molar-refractivity contribution is -0.123. The van der Waals surface area contributed by atoms with E-state index in [9.17, 15) is 9.59 Å². The molecule has 0 atom stereocenters. The van der Waals surface area contributed by atoms with Crippen molar-refractivity contribution in [1.29, 1.82) is 0 Å². The molecule has 5 heteroatoms. The average Bonchev–Trinajstić information content (AvgIpc) is 2.62. The summed E-state index contributed by atoms with van der Waals surface area (Å²) in [5.41, 5.74) is 3.15. The molecule has 2 aromatic rings. The van der Waals surface area contributed by atoms with Crippen LogP contribution in [0.25, 0.3) is 11.0 Å². The molecule has 3 rings (SSSR count). The van der Waals surface area contributed by atoms with Gasteiger partial charge < -0.3 is 14.5 Å². The number of benzene rings is 1. The van der Waals surface area contributed by atoms with Crippen LogP contribution in [0.5, 0.6) is 5.75 Å². The van der Waals surface area contributed by atoms with Gasteiger partial charge in [-0.2, -0.15) is 0 Å². The molecule has 1 aromatic heterocycles. The molecule has 1 aliphatic carbocycles. The van der Waals surface area contributed by atoms with Gasteiger partial charge in [-0.3, -0.25) is 4.79 Å². The first kappa shape index (κ1) is 18.2. The molecule has 1 amide bonds. The van der Waals surface area contributed by atoms with E-state index in [-0.39, 0.29) is 18.1 Å². The van der Waals surface area contributed by atoms with Crippen LogP contribution in [0.2, 0.25) is 0 Å². The molecule has 0 unspecified atom stereocenters. The van der Waals surface area contributed by atoms with Gasteiger partial charge >= 0.3 is 5.63 Å². The Kier molecular flexibility index (Phi) is 5.76. The first-order chi connectivity index (χ1) is 12.5. The molecule has 0 saturated heterocycles. The second-order valence-corrected chi connectivity index (χ2v) is 6.81. The highest BCUT2D eigenvalue weighted by Crippen LogP contribution is 2.28. The maximum Gasteiger partial charge on any atom is 0.336 e. The number of aryl methyl sites for hydroxylation is 2. The predicted octanol–water partition coefficient (Wildman–Crippen LogP) is 3.80. The lowest BCUT2D eigenvalue weighted by Gasteiger charge is -2.14. The fourth-order valence-electron chi connectivity index (χ4n) is 3.35. The van der Waals surface area contributed by atoms with Gasteiger partial charge in [0.05, 0.1) is 0 Å². The van der Waals surface area contributed by atoms with Crippen molar-refractivity contribution in [1.82, 2.24) is 5.32 Å². The normalized spacial score (nSPS) is 14.2. The van der Waals surface area contributed by atoms with Crippen LogP contribution in [0, 0.1) is 13.8 Å². The number of allylic oxidation sites excluding steroid dienone is 1. The molecule has 1 N–H and O–H groups in total. The van der Waals surface area contributed by atoms with Crippen molar-refractivity contribution in [2.75, 3.05) is 13.2 Å². The quantitative estimate of drug-likeness (QED) is 0.632. The van der Waals surface area contributed by atoms with Gasteiger partial charge in [0.25, 0.3) is 5.91 Å². The van der Waals surface area contributed by atoms with Crippen LogP contribution in [0.3, 0.4) is 0 Å². The number of fused-ring (bicyclic) bond motifs is 1. The van der Waals surface area contributed by atoms with E-state index in [0.717, 1.165) is 35.8 Å². The molecule has 0 saturated carbocycles. The Balaban J connectivity index is 1.57. The smallest absolute Gasteiger partial charge is 0.336 e. The second kappa shape index (κ2) is 8.21. The minimum Gasteiger partial charge on any atom is -0.483 e. The molecule has 1 aliphatic rings. The number of amides is 1. The van der Waals surface area contributed by atoms with Crippen molar-refractivity contribution in [3.05, 3.63) is 51.4 Å². The van der Waals surface area contributed by atoms with E-state index in [4.69, 9.17) is 9.15 Å². The van der Waals surface area contributed by atoms with Crippen LogP contribution in [-0.2, 0) is 4.79 Å². The van der Waals surface area contributed by atoms with E-state index in [1.165, 1.54) is 24.5 Å². The third-order valence-electron chi connectivity index (χ3n) is 4.83. The Hall–Kier alpha value is -2.56. The lowest BCUT2D eigenvalue weighted by atomic mass is 9.97. The van der Waals surface area contributed by atoms with Gasteiger partial charge in [-0.1, -0.05) is 11.6 Å². The van der Waals surface area contributed by atoms with E-state index in [0.29, 0.717) is 17.9 Å². The number of hydrogen-bond donors (Lipinski definition) is 1. The Morgan fingerprint density at radius 3 is 2.88 bits per heavy atom. The lowest BCUT2D eigenvalue weighted by Crippen LogP contribution is -2.30. The van der Waals surface area contributed by atoms with E-state index < -0.39 is 0 Å². The summed E-state index contributed by atoms with van der Waals surface area (Å²) >= 11 is 0. The molecule has 26 heavy (non-hydrogen) atoms. The zero-order valence-electron chi connectivity index (χ0n) is 15.4. The molecular weight excluding hydrogens is 330 g/mol. The number of carbonyl (C=O) groups is 1. The minimum absolute atomic E-state index is 0.0541. The molecule has 0 aliphatic heterocycles. The molecule has 0 fully saturated rings. The monoisotopic (exact) mass is 355 g/mol. The Labute approximate surface area is 153 Å². The summed E-state index contributed by atoms with van der Waals surface area (Å²) in [4.78, 5) is 23.6. The summed E-state index contributed by atoms with van der Waals surface area (Å²) in [6.07, 6.45) is 8.02. The predicted molar refractivity (Wildman–Crippen MR) is 102 cm³/mol. The standard InChI is InChI=1S/C21H25NO4/c1-14-12-20(24)26-21-15(2)18(9-8-17(14)21)25-13-19(23)22-11-10-16-6-4-3-5-7-16/h6,8-9,12H,3-5,7,10-11,13H2,1-2H3,(H,22,23). The number of carbonyl (C=O) groups excluding carboxylic acids is 1. The zero-order chi connectivity index (χ0) is 18.5. The van der Waals surface area contributed by atoms with Crippen LogP contribution in [0.4, 0.5) is 0 Å². The maximum atomic E-state index is 12.0. The Morgan fingerprint density at radius 2 is 2.12 bits per heavy atom. The van der Waals surface area contributed by atoms with Crippen molar-refractivity contribution < 1.29 is 13.9 Å². The van der Waals surface area contributed by atoms with Crippen molar-refractivity contribution in [3.8, 4) is 5.75 Å². The SMILES string of the molecule is Cc1cc(=O)oc2c(C)c(OCC(=O)NCCC3=CCCCC3)ccc12. The first-order valence-corrected chi connectivity index (χ1v) is 9.16. The Bertz CT molecular complexity index is 895. The highest BCUT2D eigenvalue weighted by molar-refractivity contribution is 5.85. The number of nitrogens with one attached hydrogen (secondary N) is 1. The summed E-state index contributed by atoms with van der Waals surface area (Å²) in [6.45, 7) is 4.28. The van der Waals surface area contributed by atoms with Gasteiger partial charge in [-0.25, -0.2) is 4.79 Å². The fraction of sp³-hybridized carbons (Fsp3) is 0.429. The van der Waals surface area contributed by atoms with Crippen LogP contribution in [-0.4, -0.2) is 19.1 Å². The minimum atomic E-state index is -0.384. The first-order valence-electron chi connectivity index (χ1n) is 9.16. The highest BCUT2D eigenvalue weighted by Gasteiger charge is 2.11. The summed E-state index contributed by atoms with van der Waals surface area (Å²) < 4.78 is 11.0. The van der Waals surface area contributed by atoms with Gasteiger partial charge in [0.1, 0.15) is 11.3 Å². The third kappa shape index (κ3) is 4.34. The summed E-state index contributed by atoms with van der Waals surface area (Å²) in [5.74, 6) is 0.406. The number of hydrogen-bond acceptors (Lipinski definition) is 4. The fourth-order valence-corrected chi connectivity index (χ4v) is 3.35. The summed E-state index contributed by atoms with van der Waals surface area (Å²) in [6, 6.07) is 5.13. The van der Waals surface area contributed by atoms with Gasteiger partial charge in [0, 0.05) is 23.6 Å². The van der Waals surface area contributed by atoms with Crippen molar-refractivity contribution in [2.45, 2.75) is 46.0 Å². The van der Waals surface area contributed by atoms with Crippen molar-refractivity contribution in [3.63, 3.8) is 0 Å². The molecular formula is C21H25NO4. The van der Waals surface area contributed by atoms with Crippen molar-refractivity contribution >= 4 is 16.9 Å². The van der Waals surface area contributed by atoms with Crippen LogP contribution >= 0.6 is 0 Å². The van der Waals surface area contributed by atoms with E-state index in [1.54, 1.807) is 0 Å². The van der Waals surface area contributed by atoms with E-state index in [2.05, 4.69) is 11.4 Å². The average molecular weight is 355 g/mol. The summed E-state index contributed by atoms with van der Waals surface area (Å²) in [5, 5.41) is 3.77. The number of rotatable bonds is 6. The summed E-state index contributed by atoms with van der Waals surface area (Å²) in [7, 11) is 0. The molecule has 0 radical (unpaired) electrons. The van der Waals surface area contributed by atoms with Gasteiger partial charge in [0.2, 0.25) is 0 Å². The molecule has 1 aromatic carbocycles. The van der Waals surface area contributed by atoms with Crippen LogP contribution in [0.1, 0.15) is 43.2 Å². The largest absolute Gasteiger partial charge is 0.483 e. The molecule has 1 heterocycles. The van der Waals surface area contributed by atoms with Gasteiger partial charge in [-0.15, -0.1) is 0 Å². The molecule has 0 bridgehead atoms. The highest BCUT2D eigenvalue weighted by atomic mass is 16.5. The molecule has 138 valence electrons. The third-order valence-corrected chi connectivity index (χ3v) is 4.83. The molecule has 5 nitrogen and oxygen atoms in total. The number of ether oxygens (including phenoxy) is 1. The van der Waals surface area contributed by atoms with Crippen molar-refractivity contribution in [2.24, 2.45) is 0 Å². The second-order valence-electron chi connectivity index (χ2n) is 6.81. The maximum absolute atomic E-state index is 12.0.